The first-order chi connectivity index (χ1) is 13.5. The average Bonchev–Trinajstić information content (AvgIpc) is 3.09. The molecule has 0 bridgehead atoms. The van der Waals surface area contributed by atoms with Gasteiger partial charge in [0.1, 0.15) is 5.82 Å². The van der Waals surface area contributed by atoms with Crippen molar-refractivity contribution in [2.24, 2.45) is 0 Å². The number of hydrogen-bond acceptors (Lipinski definition) is 4. The fourth-order valence-electron chi connectivity index (χ4n) is 3.89. The van der Waals surface area contributed by atoms with Gasteiger partial charge in [-0.2, -0.15) is 0 Å². The molecule has 4 rings (SSSR count). The molecule has 28 heavy (non-hydrogen) atoms. The Kier molecular flexibility index (Phi) is 4.61. The van der Waals surface area contributed by atoms with E-state index < -0.39 is 17.1 Å². The van der Waals surface area contributed by atoms with E-state index in [2.05, 4.69) is 9.97 Å². The highest BCUT2D eigenvalue weighted by Crippen LogP contribution is 2.41. The quantitative estimate of drug-likeness (QED) is 0.521. The first-order valence-electron chi connectivity index (χ1n) is 8.76. The first-order valence-corrected chi connectivity index (χ1v) is 9.14. The summed E-state index contributed by atoms with van der Waals surface area (Å²) in [6.45, 7) is 1.63. The summed E-state index contributed by atoms with van der Waals surface area (Å²) in [5, 5.41) is 9.91. The molecule has 1 amide bonds. The lowest BCUT2D eigenvalue weighted by atomic mass is 9.75. The predicted octanol–water partition coefficient (Wildman–Crippen LogP) is 3.79. The maximum Gasteiger partial charge on any atom is 0.254 e. The van der Waals surface area contributed by atoms with Crippen LogP contribution >= 0.6 is 11.6 Å². The Morgan fingerprint density at radius 2 is 2.00 bits per heavy atom. The lowest BCUT2D eigenvalue weighted by molar-refractivity contribution is -0.135. The lowest BCUT2D eigenvalue weighted by Crippen LogP contribution is -2.44. The van der Waals surface area contributed by atoms with E-state index in [1.807, 2.05) is 18.2 Å². The second-order valence-electron chi connectivity index (χ2n) is 6.93. The van der Waals surface area contributed by atoms with Crippen LogP contribution in [0.25, 0.3) is 11.4 Å². The van der Waals surface area contributed by atoms with Crippen molar-refractivity contribution in [1.29, 1.82) is 0 Å². The summed E-state index contributed by atoms with van der Waals surface area (Å²) < 4.78 is 14.2. The second-order valence-corrected chi connectivity index (χ2v) is 7.34. The molecule has 0 unspecified atom stereocenters. The monoisotopic (exact) mass is 397 g/mol. The minimum Gasteiger partial charge on any atom is -0.289 e. The fraction of sp³-hybridized carbons (Fsp3) is 0.190. The Labute approximate surface area is 166 Å². The van der Waals surface area contributed by atoms with Gasteiger partial charge in [0, 0.05) is 23.9 Å². The predicted molar refractivity (Wildman–Crippen MR) is 103 cm³/mol. The van der Waals surface area contributed by atoms with Gasteiger partial charge in [-0.25, -0.2) is 19.8 Å². The molecule has 0 aliphatic heterocycles. The van der Waals surface area contributed by atoms with Crippen molar-refractivity contribution in [3.05, 3.63) is 81.9 Å². The molecule has 1 heterocycles. The molecule has 1 atom stereocenters. The summed E-state index contributed by atoms with van der Waals surface area (Å²) in [4.78, 5) is 21.7. The van der Waals surface area contributed by atoms with E-state index in [1.165, 1.54) is 6.07 Å². The lowest BCUT2D eigenvalue weighted by Gasteiger charge is -2.28. The topological polar surface area (TPSA) is 75.1 Å². The van der Waals surface area contributed by atoms with Crippen molar-refractivity contribution in [2.75, 3.05) is 0 Å². The van der Waals surface area contributed by atoms with Gasteiger partial charge in [-0.05, 0) is 48.2 Å². The Balaban J connectivity index is 1.82. The largest absolute Gasteiger partial charge is 0.289 e. The number of carbonyl (C=O) groups excluding carboxylic acids is 1. The third-order valence-corrected chi connectivity index (χ3v) is 5.68. The number of hydrogen-bond donors (Lipinski definition) is 2. The third kappa shape index (κ3) is 2.85. The Morgan fingerprint density at radius 3 is 2.75 bits per heavy atom. The summed E-state index contributed by atoms with van der Waals surface area (Å²) in [7, 11) is 0. The number of nitrogens with zero attached hydrogens (tertiary/aromatic N) is 2. The molecule has 1 aliphatic rings. The van der Waals surface area contributed by atoms with Crippen LogP contribution < -0.4 is 5.48 Å². The number of benzene rings is 2. The van der Waals surface area contributed by atoms with Gasteiger partial charge in [-0.15, -0.1) is 0 Å². The van der Waals surface area contributed by atoms with Gasteiger partial charge in [0.25, 0.3) is 5.91 Å². The third-order valence-electron chi connectivity index (χ3n) is 5.35. The minimum absolute atomic E-state index is 0.221. The molecule has 2 N–H and O–H groups in total. The molecular weight excluding hydrogens is 381 g/mol. The zero-order chi connectivity index (χ0) is 19.9. The number of amides is 1. The van der Waals surface area contributed by atoms with Crippen LogP contribution in [-0.4, -0.2) is 21.1 Å². The van der Waals surface area contributed by atoms with Crippen molar-refractivity contribution < 1.29 is 14.4 Å². The van der Waals surface area contributed by atoms with Crippen molar-refractivity contribution in [1.82, 2.24) is 15.4 Å². The zero-order valence-corrected chi connectivity index (χ0v) is 15.8. The number of aromatic nitrogens is 2. The van der Waals surface area contributed by atoms with Crippen LogP contribution in [0.2, 0.25) is 5.02 Å². The highest BCUT2D eigenvalue weighted by Gasteiger charge is 2.47. The normalized spacial score (nSPS) is 18.0. The van der Waals surface area contributed by atoms with Crippen LogP contribution in [0.4, 0.5) is 4.39 Å². The summed E-state index contributed by atoms with van der Waals surface area (Å²) in [6, 6.07) is 11.9. The van der Waals surface area contributed by atoms with Crippen LogP contribution in [0.5, 0.6) is 0 Å². The van der Waals surface area contributed by atoms with Gasteiger partial charge in [-0.1, -0.05) is 35.9 Å². The summed E-state index contributed by atoms with van der Waals surface area (Å²) >= 11 is 6.25. The minimum atomic E-state index is -1.16. The number of nitrogens with one attached hydrogen (secondary N) is 1. The van der Waals surface area contributed by atoms with E-state index in [4.69, 9.17) is 11.6 Å². The summed E-state index contributed by atoms with van der Waals surface area (Å²) in [5.74, 6) is -0.541. The molecule has 142 valence electrons. The smallest absolute Gasteiger partial charge is 0.254 e. The zero-order valence-electron chi connectivity index (χ0n) is 15.0. The van der Waals surface area contributed by atoms with Gasteiger partial charge in [0.15, 0.2) is 5.82 Å². The van der Waals surface area contributed by atoms with Crippen LogP contribution in [-0.2, 0) is 23.1 Å². The van der Waals surface area contributed by atoms with E-state index in [0.717, 1.165) is 5.56 Å². The molecule has 0 spiro atoms. The number of fused-ring (bicyclic) bond motifs is 1. The van der Waals surface area contributed by atoms with Crippen LogP contribution in [0, 0.1) is 12.7 Å². The van der Waals surface area contributed by atoms with Crippen molar-refractivity contribution in [2.45, 2.75) is 25.2 Å². The Morgan fingerprint density at radius 1 is 1.21 bits per heavy atom. The highest BCUT2D eigenvalue weighted by molar-refractivity contribution is 6.33. The van der Waals surface area contributed by atoms with Crippen LogP contribution in [0.3, 0.4) is 0 Å². The molecule has 0 saturated heterocycles. The molecule has 2 aromatic carbocycles. The van der Waals surface area contributed by atoms with Gasteiger partial charge in [0.2, 0.25) is 0 Å². The van der Waals surface area contributed by atoms with Gasteiger partial charge >= 0.3 is 0 Å². The van der Waals surface area contributed by atoms with E-state index in [-0.39, 0.29) is 12.8 Å². The maximum atomic E-state index is 14.2. The van der Waals surface area contributed by atoms with Crippen LogP contribution in [0.1, 0.15) is 22.4 Å². The van der Waals surface area contributed by atoms with E-state index in [1.54, 1.807) is 36.8 Å². The molecule has 0 saturated carbocycles. The van der Waals surface area contributed by atoms with E-state index >= 15 is 0 Å². The van der Waals surface area contributed by atoms with Crippen molar-refractivity contribution in [3.63, 3.8) is 0 Å². The van der Waals surface area contributed by atoms with Crippen molar-refractivity contribution in [3.8, 4) is 11.4 Å². The molecule has 0 fully saturated rings. The van der Waals surface area contributed by atoms with Crippen molar-refractivity contribution >= 4 is 17.5 Å². The number of hydroxylamine groups is 1. The number of carbonyl (C=O) groups is 1. The molecule has 1 aromatic heterocycles. The fourth-order valence-corrected chi connectivity index (χ4v) is 4.12. The standard InChI is InChI=1S/C21H17ClFN3O2/c1-12-15(6-4-8-17(12)23)21(20(27)26-28)9-13-11-24-19(25-18(13)10-21)14-5-2-3-7-16(14)22/h2-8,11,28H,9-10H2,1H3,(H,26,27)/t21-/m0/s1. The molecule has 7 heteroatoms. The van der Waals surface area contributed by atoms with E-state index in [9.17, 15) is 14.4 Å². The average molecular weight is 398 g/mol. The SMILES string of the molecule is Cc1c(F)cccc1[C@]1(C(=O)NO)Cc2cnc(-c3ccccc3Cl)nc2C1. The number of halogens is 2. The number of rotatable bonds is 3. The first kappa shape index (κ1) is 18.5. The van der Waals surface area contributed by atoms with Crippen LogP contribution in [0.15, 0.2) is 48.7 Å². The Bertz CT molecular complexity index is 1090. The molecule has 5 nitrogen and oxygen atoms in total. The molecule has 3 aromatic rings. The molecule has 0 radical (unpaired) electrons. The van der Waals surface area contributed by atoms with Gasteiger partial charge < -0.3 is 0 Å². The van der Waals surface area contributed by atoms with Gasteiger partial charge in [-0.3, -0.25) is 10.0 Å². The molecular formula is C21H17ClFN3O2. The van der Waals surface area contributed by atoms with E-state index in [0.29, 0.717) is 33.2 Å². The second kappa shape index (κ2) is 6.96. The maximum absolute atomic E-state index is 14.2. The van der Waals surface area contributed by atoms with Gasteiger partial charge in [0.05, 0.1) is 10.4 Å². The highest BCUT2D eigenvalue weighted by atomic mass is 35.5. The Hall–Kier alpha value is -2.83. The summed E-state index contributed by atoms with van der Waals surface area (Å²) in [5.41, 5.74) is 3.65. The molecule has 1 aliphatic carbocycles. The summed E-state index contributed by atoms with van der Waals surface area (Å²) in [6.07, 6.45) is 2.16.